The summed E-state index contributed by atoms with van der Waals surface area (Å²) in [6, 6.07) is 0. The number of hydrogen-bond acceptors (Lipinski definition) is 1. The third-order valence-electron chi connectivity index (χ3n) is 5.05. The van der Waals surface area contributed by atoms with Crippen molar-refractivity contribution >= 4 is 5.97 Å². The zero-order valence-corrected chi connectivity index (χ0v) is 11.4. The average Bonchev–Trinajstić information content (AvgIpc) is 2.34. The van der Waals surface area contributed by atoms with E-state index < -0.39 is 11.4 Å². The van der Waals surface area contributed by atoms with Crippen LogP contribution < -0.4 is 0 Å². The fourth-order valence-corrected chi connectivity index (χ4v) is 3.45. The molecule has 100 valence electrons. The predicted molar refractivity (Wildman–Crippen MR) is 73.3 cm³/mol. The van der Waals surface area contributed by atoms with E-state index in [0.29, 0.717) is 18.3 Å². The Labute approximate surface area is 110 Å². The van der Waals surface area contributed by atoms with Crippen molar-refractivity contribution in [2.75, 3.05) is 0 Å². The van der Waals surface area contributed by atoms with Crippen LogP contribution in [-0.2, 0) is 4.79 Å². The minimum Gasteiger partial charge on any atom is -0.481 e. The van der Waals surface area contributed by atoms with E-state index in [9.17, 15) is 9.90 Å². The lowest BCUT2D eigenvalue weighted by Crippen LogP contribution is -2.41. The zero-order valence-electron chi connectivity index (χ0n) is 11.4. The molecule has 0 aliphatic heterocycles. The average molecular weight is 248 g/mol. The van der Waals surface area contributed by atoms with Crippen LogP contribution in [0.25, 0.3) is 0 Å². The molecule has 0 aromatic carbocycles. The number of rotatable bonds is 3. The van der Waals surface area contributed by atoms with E-state index in [-0.39, 0.29) is 5.92 Å². The first-order valence-corrected chi connectivity index (χ1v) is 7.09. The summed E-state index contributed by atoms with van der Waals surface area (Å²) < 4.78 is 0. The van der Waals surface area contributed by atoms with Gasteiger partial charge >= 0.3 is 5.97 Å². The first kappa shape index (κ1) is 13.4. The van der Waals surface area contributed by atoms with Crippen LogP contribution in [0, 0.1) is 23.2 Å². The van der Waals surface area contributed by atoms with Gasteiger partial charge < -0.3 is 5.11 Å². The second-order valence-corrected chi connectivity index (χ2v) is 6.16. The molecule has 1 N–H and O–H groups in total. The highest BCUT2D eigenvalue weighted by atomic mass is 16.4. The van der Waals surface area contributed by atoms with E-state index >= 15 is 0 Å². The Hall–Kier alpha value is -1.05. The SMILES string of the molecule is CC1CC=CCC1CC1(C(=O)O)CC=CCC1C. The molecule has 0 aromatic heterocycles. The van der Waals surface area contributed by atoms with Gasteiger partial charge in [0.15, 0.2) is 0 Å². The van der Waals surface area contributed by atoms with Crippen LogP contribution in [0.15, 0.2) is 24.3 Å². The fourth-order valence-electron chi connectivity index (χ4n) is 3.45. The Balaban J connectivity index is 2.18. The Morgan fingerprint density at radius 1 is 1.17 bits per heavy atom. The standard InChI is InChI=1S/C16H24O2/c1-12-7-3-4-9-14(12)11-16(15(17)18)10-6-5-8-13(16)2/h3-6,12-14H,7-11H2,1-2H3,(H,17,18). The van der Waals surface area contributed by atoms with E-state index in [4.69, 9.17) is 0 Å². The largest absolute Gasteiger partial charge is 0.481 e. The van der Waals surface area contributed by atoms with Gasteiger partial charge in [0.2, 0.25) is 0 Å². The minimum atomic E-state index is -0.596. The number of hydrogen-bond donors (Lipinski definition) is 1. The molecule has 0 aromatic rings. The van der Waals surface area contributed by atoms with Gasteiger partial charge in [-0.1, -0.05) is 38.2 Å². The third-order valence-corrected chi connectivity index (χ3v) is 5.05. The van der Waals surface area contributed by atoms with Gasteiger partial charge in [0.05, 0.1) is 5.41 Å². The minimum absolute atomic E-state index is 0.248. The van der Waals surface area contributed by atoms with Crippen molar-refractivity contribution in [2.24, 2.45) is 23.2 Å². The molecule has 4 atom stereocenters. The Morgan fingerprint density at radius 2 is 1.83 bits per heavy atom. The number of aliphatic carboxylic acids is 1. The molecule has 0 fully saturated rings. The van der Waals surface area contributed by atoms with Crippen molar-refractivity contribution in [2.45, 2.75) is 46.0 Å². The maximum atomic E-state index is 11.8. The third kappa shape index (κ3) is 2.38. The summed E-state index contributed by atoms with van der Waals surface area (Å²) in [4.78, 5) is 11.8. The molecular weight excluding hydrogens is 224 g/mol. The summed E-state index contributed by atoms with van der Waals surface area (Å²) in [7, 11) is 0. The Kier molecular flexibility index (Phi) is 3.94. The number of allylic oxidation sites excluding steroid dienone is 4. The maximum Gasteiger partial charge on any atom is 0.310 e. The number of carboxylic acids is 1. The molecule has 0 saturated carbocycles. The number of carbonyl (C=O) groups is 1. The van der Waals surface area contributed by atoms with Crippen LogP contribution in [0.5, 0.6) is 0 Å². The van der Waals surface area contributed by atoms with Crippen molar-refractivity contribution in [1.82, 2.24) is 0 Å². The highest BCUT2D eigenvalue weighted by molar-refractivity contribution is 5.75. The van der Waals surface area contributed by atoms with E-state index in [1.54, 1.807) is 0 Å². The molecule has 2 heteroatoms. The van der Waals surface area contributed by atoms with Gasteiger partial charge in [0.25, 0.3) is 0 Å². The summed E-state index contributed by atoms with van der Waals surface area (Å²) in [5.41, 5.74) is -0.529. The smallest absolute Gasteiger partial charge is 0.310 e. The Bertz CT molecular complexity index is 369. The molecule has 0 spiro atoms. The molecule has 0 saturated heterocycles. The van der Waals surface area contributed by atoms with Crippen LogP contribution in [0.4, 0.5) is 0 Å². The molecule has 18 heavy (non-hydrogen) atoms. The predicted octanol–water partition coefficient (Wildman–Crippen LogP) is 4.04. The highest BCUT2D eigenvalue weighted by Crippen LogP contribution is 2.46. The van der Waals surface area contributed by atoms with Crippen LogP contribution in [0.1, 0.15) is 46.0 Å². The summed E-state index contributed by atoms with van der Waals surface area (Å²) in [6.07, 6.45) is 13.3. The lowest BCUT2D eigenvalue weighted by molar-refractivity contribution is -0.154. The first-order chi connectivity index (χ1) is 8.56. The van der Waals surface area contributed by atoms with Gasteiger partial charge in [-0.25, -0.2) is 0 Å². The molecule has 2 aliphatic rings. The molecule has 0 heterocycles. The Morgan fingerprint density at radius 3 is 2.44 bits per heavy atom. The second-order valence-electron chi connectivity index (χ2n) is 6.16. The van der Waals surface area contributed by atoms with E-state index in [1.165, 1.54) is 0 Å². The molecule has 2 rings (SSSR count). The van der Waals surface area contributed by atoms with Crippen molar-refractivity contribution in [3.8, 4) is 0 Å². The quantitative estimate of drug-likeness (QED) is 0.765. The summed E-state index contributed by atoms with van der Waals surface area (Å²) in [5, 5.41) is 9.72. The molecule has 0 bridgehead atoms. The van der Waals surface area contributed by atoms with Crippen LogP contribution >= 0.6 is 0 Å². The van der Waals surface area contributed by atoms with Gasteiger partial charge in [-0.2, -0.15) is 0 Å². The maximum absolute atomic E-state index is 11.8. The number of carboxylic acid groups (broad SMARTS) is 1. The van der Waals surface area contributed by atoms with Gasteiger partial charge in [-0.15, -0.1) is 0 Å². The molecule has 0 radical (unpaired) electrons. The van der Waals surface area contributed by atoms with Gasteiger partial charge in [-0.3, -0.25) is 4.79 Å². The second kappa shape index (κ2) is 5.29. The van der Waals surface area contributed by atoms with Crippen molar-refractivity contribution in [3.63, 3.8) is 0 Å². The van der Waals surface area contributed by atoms with Gasteiger partial charge in [0, 0.05) is 0 Å². The monoisotopic (exact) mass is 248 g/mol. The van der Waals surface area contributed by atoms with E-state index in [1.807, 2.05) is 0 Å². The molecule has 4 unspecified atom stereocenters. The van der Waals surface area contributed by atoms with Gasteiger partial charge in [-0.05, 0) is 49.9 Å². The van der Waals surface area contributed by atoms with Crippen molar-refractivity contribution in [3.05, 3.63) is 24.3 Å². The van der Waals surface area contributed by atoms with Crippen molar-refractivity contribution in [1.29, 1.82) is 0 Å². The normalized spacial score (nSPS) is 39.8. The summed E-state index contributed by atoms with van der Waals surface area (Å²) in [6.45, 7) is 4.36. The van der Waals surface area contributed by atoms with Gasteiger partial charge in [0.1, 0.15) is 0 Å². The molecule has 2 nitrogen and oxygen atoms in total. The van der Waals surface area contributed by atoms with Crippen LogP contribution in [0.2, 0.25) is 0 Å². The highest BCUT2D eigenvalue weighted by Gasteiger charge is 2.45. The first-order valence-electron chi connectivity index (χ1n) is 7.09. The van der Waals surface area contributed by atoms with E-state index in [2.05, 4.69) is 38.2 Å². The van der Waals surface area contributed by atoms with E-state index in [0.717, 1.165) is 25.7 Å². The summed E-state index contributed by atoms with van der Waals surface area (Å²) >= 11 is 0. The lowest BCUT2D eigenvalue weighted by Gasteiger charge is -2.41. The lowest BCUT2D eigenvalue weighted by atomic mass is 9.62. The molecular formula is C16H24O2. The zero-order chi connectivity index (χ0) is 13.2. The van der Waals surface area contributed by atoms with Crippen LogP contribution in [0.3, 0.4) is 0 Å². The molecule has 2 aliphatic carbocycles. The molecule has 0 amide bonds. The topological polar surface area (TPSA) is 37.3 Å². The van der Waals surface area contributed by atoms with Crippen molar-refractivity contribution < 1.29 is 9.90 Å². The summed E-state index contributed by atoms with van der Waals surface area (Å²) in [5.74, 6) is 0.795. The fraction of sp³-hybridized carbons (Fsp3) is 0.688. The van der Waals surface area contributed by atoms with Crippen LogP contribution in [-0.4, -0.2) is 11.1 Å².